The van der Waals surface area contributed by atoms with Crippen LogP contribution in [0.2, 0.25) is 0 Å². The number of nitro groups is 1. The summed E-state index contributed by atoms with van der Waals surface area (Å²) in [4.78, 5) is 29.2. The number of nitrogens with zero attached hydrogens (tertiary/aromatic N) is 7. The summed E-state index contributed by atoms with van der Waals surface area (Å²) in [5.74, 6) is 1.02. The van der Waals surface area contributed by atoms with Crippen LogP contribution in [0.1, 0.15) is 12.8 Å². The highest BCUT2D eigenvalue weighted by Gasteiger charge is 2.27. The van der Waals surface area contributed by atoms with E-state index in [4.69, 9.17) is 4.74 Å². The smallest absolute Gasteiger partial charge is 0.273 e. The molecule has 1 fully saturated rings. The Morgan fingerprint density at radius 2 is 2.06 bits per heavy atom. The van der Waals surface area contributed by atoms with Crippen LogP contribution in [0.3, 0.4) is 0 Å². The van der Waals surface area contributed by atoms with Crippen molar-refractivity contribution in [3.05, 3.63) is 53.1 Å². The van der Waals surface area contributed by atoms with Gasteiger partial charge in [-0.2, -0.15) is 5.10 Å². The Kier molecular flexibility index (Phi) is 5.69. The van der Waals surface area contributed by atoms with E-state index >= 15 is 0 Å². The highest BCUT2D eigenvalue weighted by atomic mass is 16.6. The van der Waals surface area contributed by atoms with E-state index < -0.39 is 4.92 Å². The van der Waals surface area contributed by atoms with E-state index in [-0.39, 0.29) is 23.3 Å². The maximum absolute atomic E-state index is 12.9. The molecule has 160 valence electrons. The summed E-state index contributed by atoms with van der Waals surface area (Å²) in [5, 5.41) is 26.2. The molecule has 4 rings (SSSR count). The third kappa shape index (κ3) is 4.42. The van der Waals surface area contributed by atoms with Crippen molar-refractivity contribution in [3.63, 3.8) is 0 Å². The van der Waals surface area contributed by atoms with Crippen molar-refractivity contribution in [1.82, 2.24) is 25.0 Å². The van der Waals surface area contributed by atoms with E-state index in [1.165, 1.54) is 42.6 Å². The number of benzene rings is 1. The second-order valence-corrected chi connectivity index (χ2v) is 7.01. The van der Waals surface area contributed by atoms with Gasteiger partial charge in [0.15, 0.2) is 11.6 Å². The number of ether oxygens (including phenoxy) is 1. The molecule has 1 aliphatic heterocycles. The molecule has 3 heterocycles. The Morgan fingerprint density at radius 3 is 2.74 bits per heavy atom. The lowest BCUT2D eigenvalue weighted by atomic mass is 9.97. The van der Waals surface area contributed by atoms with Crippen LogP contribution in [-0.4, -0.2) is 56.0 Å². The first kappa shape index (κ1) is 20.2. The van der Waals surface area contributed by atoms with Crippen molar-refractivity contribution < 1.29 is 14.5 Å². The fourth-order valence-corrected chi connectivity index (χ4v) is 3.47. The van der Waals surface area contributed by atoms with E-state index in [2.05, 4.69) is 25.6 Å². The first-order valence-electron chi connectivity index (χ1n) is 9.62. The minimum absolute atomic E-state index is 0.105. The van der Waals surface area contributed by atoms with Crippen LogP contribution in [0.4, 0.5) is 17.2 Å². The highest BCUT2D eigenvalue weighted by molar-refractivity contribution is 5.94. The second kappa shape index (κ2) is 8.73. The summed E-state index contributed by atoms with van der Waals surface area (Å²) in [6, 6.07) is 7.72. The molecule has 1 atom stereocenters. The van der Waals surface area contributed by atoms with Gasteiger partial charge in [-0.25, -0.2) is 9.67 Å². The number of nitrogens with one attached hydrogen (secondary N) is 1. The van der Waals surface area contributed by atoms with Gasteiger partial charge in [0.05, 0.1) is 29.7 Å². The van der Waals surface area contributed by atoms with Gasteiger partial charge in [0.2, 0.25) is 5.91 Å². The SMILES string of the molecule is COc1cc([N+](=O)[O-])ccc1NC(=O)C1CCCN(c2ccc(-n3cncn3)nn2)C1. The maximum Gasteiger partial charge on any atom is 0.273 e. The van der Waals surface area contributed by atoms with Crippen molar-refractivity contribution >= 4 is 23.1 Å². The van der Waals surface area contributed by atoms with Gasteiger partial charge in [0.1, 0.15) is 18.4 Å². The van der Waals surface area contributed by atoms with Crippen molar-refractivity contribution in [2.75, 3.05) is 30.4 Å². The van der Waals surface area contributed by atoms with Gasteiger partial charge in [-0.15, -0.1) is 10.2 Å². The number of non-ortho nitro benzene ring substituents is 1. The molecular weight excluding hydrogens is 404 g/mol. The van der Waals surface area contributed by atoms with Gasteiger partial charge in [0.25, 0.3) is 5.69 Å². The first-order valence-corrected chi connectivity index (χ1v) is 9.62. The Labute approximate surface area is 177 Å². The Hall–Kier alpha value is -4.09. The van der Waals surface area contributed by atoms with Crippen molar-refractivity contribution in [2.24, 2.45) is 5.92 Å². The van der Waals surface area contributed by atoms with Crippen LogP contribution in [0.25, 0.3) is 5.82 Å². The van der Waals surface area contributed by atoms with Crippen molar-refractivity contribution in [1.29, 1.82) is 0 Å². The summed E-state index contributed by atoms with van der Waals surface area (Å²) >= 11 is 0. The number of methoxy groups -OCH3 is 1. The van der Waals surface area contributed by atoms with E-state index in [1.807, 2.05) is 11.0 Å². The summed E-state index contributed by atoms with van der Waals surface area (Å²) in [6.45, 7) is 1.25. The maximum atomic E-state index is 12.9. The molecule has 1 aliphatic rings. The molecule has 1 saturated heterocycles. The van der Waals surface area contributed by atoms with Crippen LogP contribution < -0.4 is 15.0 Å². The average Bonchev–Trinajstić information content (AvgIpc) is 3.34. The number of hydrogen-bond acceptors (Lipinski definition) is 9. The number of piperidine rings is 1. The van der Waals surface area contributed by atoms with Gasteiger partial charge < -0.3 is 15.0 Å². The topological polar surface area (TPSA) is 141 Å². The number of hydrogen-bond donors (Lipinski definition) is 1. The molecule has 31 heavy (non-hydrogen) atoms. The zero-order valence-electron chi connectivity index (χ0n) is 16.7. The van der Waals surface area contributed by atoms with E-state index in [9.17, 15) is 14.9 Å². The summed E-state index contributed by atoms with van der Waals surface area (Å²) in [7, 11) is 1.40. The molecule has 0 bridgehead atoms. The van der Waals surface area contributed by atoms with Crippen LogP contribution in [0, 0.1) is 16.0 Å². The van der Waals surface area contributed by atoms with Gasteiger partial charge in [-0.05, 0) is 31.0 Å². The number of amides is 1. The van der Waals surface area contributed by atoms with Crippen LogP contribution in [-0.2, 0) is 4.79 Å². The molecule has 1 unspecified atom stereocenters. The molecule has 12 heteroatoms. The Morgan fingerprint density at radius 1 is 1.26 bits per heavy atom. The molecule has 0 aliphatic carbocycles. The first-order chi connectivity index (χ1) is 15.0. The largest absolute Gasteiger partial charge is 0.494 e. The molecule has 1 aromatic carbocycles. The zero-order chi connectivity index (χ0) is 21.8. The van der Waals surface area contributed by atoms with Gasteiger partial charge >= 0.3 is 0 Å². The number of anilines is 2. The molecule has 0 radical (unpaired) electrons. The summed E-state index contributed by atoms with van der Waals surface area (Å²) in [6.07, 6.45) is 4.50. The van der Waals surface area contributed by atoms with E-state index in [0.717, 1.165) is 19.4 Å². The van der Waals surface area contributed by atoms with Crippen molar-refractivity contribution in [3.8, 4) is 11.6 Å². The highest BCUT2D eigenvalue weighted by Crippen LogP contribution is 2.30. The summed E-state index contributed by atoms with van der Waals surface area (Å²) < 4.78 is 6.71. The standard InChI is InChI=1S/C19H20N8O4/c1-31-16-9-14(27(29)30)4-5-15(16)22-19(28)13-3-2-8-25(10-13)17-6-7-18(24-23-17)26-12-20-11-21-26/h4-7,9,11-13H,2-3,8,10H2,1H3,(H,22,28). The lowest BCUT2D eigenvalue weighted by molar-refractivity contribution is -0.384. The van der Waals surface area contributed by atoms with Crippen LogP contribution in [0.5, 0.6) is 5.75 Å². The minimum Gasteiger partial charge on any atom is -0.494 e. The monoisotopic (exact) mass is 424 g/mol. The molecule has 3 aromatic rings. The predicted octanol–water partition coefficient (Wildman–Crippen LogP) is 1.83. The second-order valence-electron chi connectivity index (χ2n) is 7.01. The zero-order valence-corrected chi connectivity index (χ0v) is 16.7. The fourth-order valence-electron chi connectivity index (χ4n) is 3.47. The lowest BCUT2D eigenvalue weighted by Gasteiger charge is -2.32. The fraction of sp³-hybridized carbons (Fsp3) is 0.316. The third-order valence-corrected chi connectivity index (χ3v) is 5.06. The van der Waals surface area contributed by atoms with E-state index in [1.54, 1.807) is 6.07 Å². The summed E-state index contributed by atoms with van der Waals surface area (Å²) in [5.41, 5.74) is 0.291. The predicted molar refractivity (Wildman–Crippen MR) is 110 cm³/mol. The minimum atomic E-state index is -0.512. The number of rotatable bonds is 6. The van der Waals surface area contributed by atoms with Gasteiger partial charge in [-0.1, -0.05) is 0 Å². The third-order valence-electron chi connectivity index (χ3n) is 5.06. The molecule has 1 N–H and O–H groups in total. The van der Waals surface area contributed by atoms with Crippen LogP contribution >= 0.6 is 0 Å². The van der Waals surface area contributed by atoms with Gasteiger partial charge in [0, 0.05) is 19.2 Å². The molecule has 2 aromatic heterocycles. The molecule has 0 saturated carbocycles. The molecule has 0 spiro atoms. The quantitative estimate of drug-likeness (QED) is 0.463. The average molecular weight is 424 g/mol. The number of nitro benzene ring substituents is 1. The number of carbonyl (C=O) groups is 1. The van der Waals surface area contributed by atoms with Crippen molar-refractivity contribution in [2.45, 2.75) is 12.8 Å². The van der Waals surface area contributed by atoms with Gasteiger partial charge in [-0.3, -0.25) is 14.9 Å². The Bertz CT molecular complexity index is 1070. The number of aromatic nitrogens is 5. The molecule has 1 amide bonds. The molecule has 12 nitrogen and oxygen atoms in total. The lowest BCUT2D eigenvalue weighted by Crippen LogP contribution is -2.41. The van der Waals surface area contributed by atoms with Crippen LogP contribution in [0.15, 0.2) is 43.0 Å². The molecular formula is C19H20N8O4. The normalized spacial score (nSPS) is 16.0. The Balaban J connectivity index is 1.43. The van der Waals surface area contributed by atoms with E-state index in [0.29, 0.717) is 23.9 Å². The number of carbonyl (C=O) groups excluding carboxylic acids is 1.